The molecule has 0 bridgehead atoms. The first-order chi connectivity index (χ1) is 5.69. The summed E-state index contributed by atoms with van der Waals surface area (Å²) in [6.45, 7) is 0. The highest BCUT2D eigenvalue weighted by Gasteiger charge is 2.20. The van der Waals surface area contributed by atoms with Crippen LogP contribution in [0.3, 0.4) is 0 Å². The van der Waals surface area contributed by atoms with E-state index in [4.69, 9.17) is 20.8 Å². The molecule has 0 unspecified atom stereocenters. The van der Waals surface area contributed by atoms with Crippen molar-refractivity contribution < 1.29 is 18.7 Å². The van der Waals surface area contributed by atoms with Crippen molar-refractivity contribution in [3.63, 3.8) is 0 Å². The van der Waals surface area contributed by atoms with Crippen LogP contribution in [-0.4, -0.2) is 25.2 Å². The van der Waals surface area contributed by atoms with E-state index in [2.05, 4.69) is 9.72 Å². The highest BCUT2D eigenvalue weighted by Crippen LogP contribution is 2.22. The molecule has 0 saturated heterocycles. The van der Waals surface area contributed by atoms with Crippen molar-refractivity contribution in [2.24, 2.45) is 0 Å². The van der Waals surface area contributed by atoms with Gasteiger partial charge in [0.2, 0.25) is 0 Å². The number of aromatic nitrogens is 1. The predicted octanol–water partition coefficient (Wildman–Crippen LogP) is 1.12. The number of carbonyl (C=O) groups is 1. The van der Waals surface area contributed by atoms with Crippen LogP contribution in [0.4, 0.5) is 0 Å². The van der Waals surface area contributed by atoms with Crippen molar-refractivity contribution in [2.45, 2.75) is 0 Å². The molecule has 1 heterocycles. The Morgan fingerprint density at radius 2 is 2.25 bits per heavy atom. The number of hydrogen-bond acceptors (Lipinski definition) is 5. The molecule has 6 heteroatoms. The van der Waals surface area contributed by atoms with Gasteiger partial charge in [-0.2, -0.15) is 4.98 Å². The number of esters is 1. The van der Waals surface area contributed by atoms with E-state index in [0.29, 0.717) is 0 Å². The maximum atomic E-state index is 10.9. The Balaban J connectivity index is 3.04. The van der Waals surface area contributed by atoms with Crippen LogP contribution in [0.25, 0.3) is 0 Å². The maximum Gasteiger partial charge on any atom is 0.379 e. The summed E-state index contributed by atoms with van der Waals surface area (Å²) >= 11 is 5.38. The van der Waals surface area contributed by atoms with E-state index in [0.717, 1.165) is 0 Å². The number of hydrogen-bond donors (Lipinski definition) is 0. The van der Waals surface area contributed by atoms with Crippen LogP contribution >= 0.6 is 11.6 Å². The first kappa shape index (κ1) is 8.86. The van der Waals surface area contributed by atoms with Crippen molar-refractivity contribution in [2.75, 3.05) is 14.2 Å². The lowest BCUT2D eigenvalue weighted by Crippen LogP contribution is -2.01. The zero-order chi connectivity index (χ0) is 9.14. The summed E-state index contributed by atoms with van der Waals surface area (Å²) in [7, 11) is 2.57. The number of ether oxygens (including phenoxy) is 2. The molecule has 1 aromatic heterocycles. The molecule has 66 valence electrons. The summed E-state index contributed by atoms with van der Waals surface area (Å²) in [6.07, 6.45) is 0. The second-order valence-electron chi connectivity index (χ2n) is 1.80. The smallest absolute Gasteiger partial charge is 0.379 e. The average Bonchev–Trinajstić information content (AvgIpc) is 2.45. The largest absolute Gasteiger partial charge is 0.478 e. The molecule has 1 aromatic rings. The molecule has 0 N–H and O–H groups in total. The van der Waals surface area contributed by atoms with E-state index in [1.807, 2.05) is 0 Å². The molecule has 0 radical (unpaired) electrons. The molecular weight excluding hydrogens is 186 g/mol. The highest BCUT2D eigenvalue weighted by atomic mass is 35.5. The van der Waals surface area contributed by atoms with Gasteiger partial charge in [0, 0.05) is 0 Å². The van der Waals surface area contributed by atoms with E-state index < -0.39 is 5.97 Å². The van der Waals surface area contributed by atoms with Crippen molar-refractivity contribution in [1.29, 1.82) is 0 Å². The summed E-state index contributed by atoms with van der Waals surface area (Å²) in [6, 6.07) is 0. The Labute approximate surface area is 73.2 Å². The van der Waals surface area contributed by atoms with Crippen molar-refractivity contribution >= 4 is 17.6 Å². The highest BCUT2D eigenvalue weighted by molar-refractivity contribution is 6.27. The Kier molecular flexibility index (Phi) is 2.54. The number of nitrogens with zero attached hydrogens (tertiary/aromatic N) is 1. The monoisotopic (exact) mass is 191 g/mol. The van der Waals surface area contributed by atoms with E-state index in [-0.39, 0.29) is 17.0 Å². The van der Waals surface area contributed by atoms with Gasteiger partial charge in [-0.25, -0.2) is 4.79 Å². The SMILES string of the molecule is COC(=O)c1oc(Cl)nc1OC. The fourth-order valence-corrected chi connectivity index (χ4v) is 0.795. The molecule has 12 heavy (non-hydrogen) atoms. The van der Waals surface area contributed by atoms with Crippen LogP contribution in [0.5, 0.6) is 5.88 Å². The number of carbonyl (C=O) groups excluding carboxylic acids is 1. The van der Waals surface area contributed by atoms with Crippen molar-refractivity contribution in [3.05, 3.63) is 11.1 Å². The van der Waals surface area contributed by atoms with Gasteiger partial charge in [0.1, 0.15) is 0 Å². The van der Waals surface area contributed by atoms with E-state index in [1.165, 1.54) is 14.2 Å². The molecule has 0 aliphatic carbocycles. The molecule has 0 amide bonds. The van der Waals surface area contributed by atoms with Gasteiger partial charge in [0.25, 0.3) is 17.0 Å². The summed E-state index contributed by atoms with van der Waals surface area (Å²) in [4.78, 5) is 14.5. The van der Waals surface area contributed by atoms with Crippen LogP contribution < -0.4 is 4.74 Å². The van der Waals surface area contributed by atoms with Crippen LogP contribution in [0.1, 0.15) is 10.6 Å². The number of rotatable bonds is 2. The molecule has 0 aliphatic rings. The van der Waals surface area contributed by atoms with Gasteiger partial charge in [0.05, 0.1) is 14.2 Å². The normalized spacial score (nSPS) is 9.58. The van der Waals surface area contributed by atoms with E-state index in [1.54, 1.807) is 0 Å². The minimum atomic E-state index is -0.675. The van der Waals surface area contributed by atoms with Crippen molar-refractivity contribution in [3.8, 4) is 5.88 Å². The molecule has 0 fully saturated rings. The zero-order valence-corrected chi connectivity index (χ0v) is 7.21. The third-order valence-electron chi connectivity index (χ3n) is 1.13. The van der Waals surface area contributed by atoms with Gasteiger partial charge in [-0.3, -0.25) is 0 Å². The molecule has 0 aliphatic heterocycles. The summed E-state index contributed by atoms with van der Waals surface area (Å²) < 4.78 is 13.8. The second kappa shape index (κ2) is 3.44. The molecular formula is C6H6ClNO4. The van der Waals surface area contributed by atoms with Crippen LogP contribution in [-0.2, 0) is 4.74 Å². The Morgan fingerprint density at radius 1 is 1.58 bits per heavy atom. The number of methoxy groups -OCH3 is 2. The summed E-state index contributed by atoms with van der Waals surface area (Å²) in [5.74, 6) is -0.789. The predicted molar refractivity (Wildman–Crippen MR) is 39.4 cm³/mol. The fraction of sp³-hybridized carbons (Fsp3) is 0.333. The Bertz CT molecular complexity index is 296. The van der Waals surface area contributed by atoms with Gasteiger partial charge >= 0.3 is 5.97 Å². The Morgan fingerprint density at radius 3 is 2.75 bits per heavy atom. The molecule has 0 saturated carbocycles. The van der Waals surface area contributed by atoms with Crippen LogP contribution in [0, 0.1) is 0 Å². The lowest BCUT2D eigenvalue weighted by molar-refractivity contribution is 0.0560. The average molecular weight is 192 g/mol. The van der Waals surface area contributed by atoms with Gasteiger partial charge in [-0.1, -0.05) is 0 Å². The van der Waals surface area contributed by atoms with Gasteiger partial charge < -0.3 is 13.9 Å². The summed E-state index contributed by atoms with van der Waals surface area (Å²) in [5.41, 5.74) is 0. The zero-order valence-electron chi connectivity index (χ0n) is 6.46. The second-order valence-corrected chi connectivity index (χ2v) is 2.12. The first-order valence-corrected chi connectivity index (χ1v) is 3.35. The topological polar surface area (TPSA) is 61.6 Å². The molecule has 0 aromatic carbocycles. The third kappa shape index (κ3) is 1.50. The molecule has 1 rings (SSSR count). The van der Waals surface area contributed by atoms with E-state index >= 15 is 0 Å². The molecule has 0 atom stereocenters. The summed E-state index contributed by atoms with van der Waals surface area (Å²) in [5, 5.41) is -0.160. The lowest BCUT2D eigenvalue weighted by atomic mass is 10.5. The van der Waals surface area contributed by atoms with Gasteiger partial charge in [0.15, 0.2) is 0 Å². The van der Waals surface area contributed by atoms with Crippen molar-refractivity contribution in [1.82, 2.24) is 4.98 Å². The Hall–Kier alpha value is -1.23. The number of oxazole rings is 1. The lowest BCUT2D eigenvalue weighted by Gasteiger charge is -1.95. The van der Waals surface area contributed by atoms with Gasteiger partial charge in [-0.15, -0.1) is 0 Å². The third-order valence-corrected chi connectivity index (χ3v) is 1.30. The fourth-order valence-electron chi connectivity index (χ4n) is 0.641. The van der Waals surface area contributed by atoms with E-state index in [9.17, 15) is 4.79 Å². The van der Waals surface area contributed by atoms with Crippen LogP contribution in [0.15, 0.2) is 4.42 Å². The minimum Gasteiger partial charge on any atom is -0.478 e. The maximum absolute atomic E-state index is 10.9. The quantitative estimate of drug-likeness (QED) is 0.656. The standard InChI is InChI=1S/C6H6ClNO4/c1-10-4-3(5(9)11-2)12-6(7)8-4/h1-2H3. The molecule has 0 spiro atoms. The number of halogens is 1. The van der Waals surface area contributed by atoms with Gasteiger partial charge in [-0.05, 0) is 11.6 Å². The van der Waals surface area contributed by atoms with Crippen LogP contribution in [0.2, 0.25) is 5.35 Å². The minimum absolute atomic E-state index is 0.0202. The first-order valence-electron chi connectivity index (χ1n) is 2.97. The molecule has 5 nitrogen and oxygen atoms in total.